The van der Waals surface area contributed by atoms with Crippen LogP contribution in [-0.2, 0) is 39.2 Å². The van der Waals surface area contributed by atoms with Crippen molar-refractivity contribution >= 4 is 66.9 Å². The minimum absolute atomic E-state index is 0. The number of halogens is 1. The van der Waals surface area contributed by atoms with Gasteiger partial charge in [-0.15, -0.1) is 6.58 Å². The highest BCUT2D eigenvalue weighted by Gasteiger charge is 2.48. The first-order chi connectivity index (χ1) is 24.5. The van der Waals surface area contributed by atoms with Crippen LogP contribution < -0.4 is 26.2 Å². The van der Waals surface area contributed by atoms with Crippen molar-refractivity contribution in [2.24, 2.45) is 16.8 Å². The lowest BCUT2D eigenvalue weighted by atomic mass is 9.84. The predicted octanol–water partition coefficient (Wildman–Crippen LogP) is 3.62. The largest absolute Gasteiger partial charge is 0.480 e. The van der Waals surface area contributed by atoms with E-state index in [0.717, 1.165) is 38.2 Å². The molecule has 6 atom stereocenters. The molecule has 15 nitrogen and oxygen atoms in total. The fourth-order valence-corrected chi connectivity index (χ4v) is 9.60. The van der Waals surface area contributed by atoms with Crippen molar-refractivity contribution in [3.63, 3.8) is 0 Å². The molecule has 19 heteroatoms. The number of anilines is 1. The number of carbonyl (C=O) groups excluding carboxylic acids is 2. The summed E-state index contributed by atoms with van der Waals surface area (Å²) >= 11 is 7.37. The average Bonchev–Trinajstić information content (AvgIpc) is 3.43. The normalized spacial score (nSPS) is 22.9. The Morgan fingerprint density at radius 2 is 1.85 bits per heavy atom. The zero-order valence-electron chi connectivity index (χ0n) is 31.4. The van der Waals surface area contributed by atoms with Crippen molar-refractivity contribution in [3.05, 3.63) is 29.8 Å². The van der Waals surface area contributed by atoms with Gasteiger partial charge in [0.05, 0.1) is 29.5 Å². The Kier molecular flexibility index (Phi) is 18.0. The molecule has 1 aliphatic carbocycles. The number of amides is 1. The summed E-state index contributed by atoms with van der Waals surface area (Å²) in [7, 11) is -7.97. The number of ether oxygens (including phenoxy) is 1. The number of nitrogens with two attached hydrogens (primary N) is 2. The van der Waals surface area contributed by atoms with Gasteiger partial charge in [-0.3, -0.25) is 14.9 Å². The van der Waals surface area contributed by atoms with Crippen LogP contribution in [0, 0.1) is 5.92 Å². The number of sulfonamides is 2. The molecule has 0 spiro atoms. The van der Waals surface area contributed by atoms with Gasteiger partial charge in [0.15, 0.2) is 0 Å². The Labute approximate surface area is 323 Å². The van der Waals surface area contributed by atoms with Crippen molar-refractivity contribution in [3.8, 4) is 0 Å². The standard InChI is InChI=1S/C19H32N2O5.C11H14ClN3O4S3.C4H11N/c1-4-8-14(19(25)26-5-2)20-12(3)17(22)21-15-10-7-6-9-13(15)11-16(21)18(23)24;1-2-3-20-6-11-14-8-4-7(12)9(21(13,16)17)5-10(8)22(18,19)15-11;1-4(2,3)5/h12-16,20H,4-11H2,1-3H3,(H,23,24);2,4-5,11,14-15H,1,3,6H2,(H2,13,16,17);5H2,1-3H3/t12-,13-,14-,15-,16-;;/m0../s1. The molecule has 1 saturated heterocycles. The third-order valence-corrected chi connectivity index (χ3v) is 12.3. The van der Waals surface area contributed by atoms with Crippen LogP contribution in [0.15, 0.2) is 34.6 Å². The van der Waals surface area contributed by atoms with Crippen LogP contribution in [0.1, 0.15) is 86.5 Å². The number of carbonyl (C=O) groups is 3. The molecule has 1 aromatic carbocycles. The molecule has 2 fully saturated rings. The zero-order valence-corrected chi connectivity index (χ0v) is 34.6. The minimum Gasteiger partial charge on any atom is -0.480 e. The van der Waals surface area contributed by atoms with Gasteiger partial charge < -0.3 is 25.8 Å². The maximum atomic E-state index is 13.1. The van der Waals surface area contributed by atoms with Gasteiger partial charge in [-0.05, 0) is 78.4 Å². The number of esters is 1. The maximum Gasteiger partial charge on any atom is 0.326 e. The van der Waals surface area contributed by atoms with E-state index >= 15 is 0 Å². The second-order valence-electron chi connectivity index (χ2n) is 14.3. The second-order valence-corrected chi connectivity index (χ2v) is 19.0. The van der Waals surface area contributed by atoms with Crippen molar-refractivity contribution in [1.82, 2.24) is 14.9 Å². The Bertz CT molecular complexity index is 1650. The van der Waals surface area contributed by atoms with Crippen LogP contribution in [0.4, 0.5) is 5.69 Å². The molecule has 302 valence electrons. The fraction of sp³-hybridized carbons (Fsp3) is 0.676. The van der Waals surface area contributed by atoms with E-state index in [4.69, 9.17) is 27.2 Å². The highest BCUT2D eigenvalue weighted by molar-refractivity contribution is 7.99. The quantitative estimate of drug-likeness (QED) is 0.0948. The predicted molar refractivity (Wildman–Crippen MR) is 209 cm³/mol. The summed E-state index contributed by atoms with van der Waals surface area (Å²) in [5.74, 6) is -0.0946. The molecule has 2 aliphatic heterocycles. The zero-order chi connectivity index (χ0) is 40.3. The van der Waals surface area contributed by atoms with Gasteiger partial charge in [-0.25, -0.2) is 26.8 Å². The summed E-state index contributed by atoms with van der Waals surface area (Å²) in [6.45, 7) is 15.2. The van der Waals surface area contributed by atoms with Gasteiger partial charge >= 0.3 is 11.9 Å². The number of benzene rings is 1. The van der Waals surface area contributed by atoms with Gasteiger partial charge in [0.1, 0.15) is 21.9 Å². The van der Waals surface area contributed by atoms with Gasteiger partial charge in [-0.2, -0.15) is 16.5 Å². The van der Waals surface area contributed by atoms with E-state index in [0.29, 0.717) is 31.0 Å². The maximum absolute atomic E-state index is 13.1. The van der Waals surface area contributed by atoms with Crippen molar-refractivity contribution in [2.45, 2.75) is 132 Å². The Morgan fingerprint density at radius 3 is 2.40 bits per heavy atom. The molecule has 53 heavy (non-hydrogen) atoms. The van der Waals surface area contributed by atoms with Crippen LogP contribution in [0.5, 0.6) is 0 Å². The number of nitrogens with one attached hydrogen (secondary N) is 3. The number of thioether (sulfide) groups is 1. The van der Waals surface area contributed by atoms with Crippen LogP contribution in [-0.4, -0.2) is 98.7 Å². The molecule has 1 aromatic rings. The molecule has 1 amide bonds. The molecule has 0 aromatic heterocycles. The molecule has 8 N–H and O–H groups in total. The van der Waals surface area contributed by atoms with E-state index in [1.54, 1.807) is 24.8 Å². The molecule has 1 saturated carbocycles. The summed E-state index contributed by atoms with van der Waals surface area (Å²) in [5, 5.41) is 20.5. The fourth-order valence-electron chi connectivity index (χ4n) is 6.30. The molecule has 4 rings (SSSR count). The average molecular weight is 826 g/mol. The molecular formula is C34H57ClN6O9S3. The van der Waals surface area contributed by atoms with Crippen molar-refractivity contribution in [1.29, 1.82) is 0 Å². The first-order valence-corrected chi connectivity index (χ1v) is 22.2. The minimum atomic E-state index is -4.12. The van der Waals surface area contributed by atoms with Gasteiger partial charge in [0.25, 0.3) is 0 Å². The monoisotopic (exact) mass is 824 g/mol. The molecule has 2 heterocycles. The third-order valence-electron chi connectivity index (χ3n) is 8.38. The van der Waals surface area contributed by atoms with E-state index in [9.17, 15) is 36.3 Å². The third kappa shape index (κ3) is 14.3. The first-order valence-electron chi connectivity index (χ1n) is 17.7. The number of hydrogen-bond acceptors (Lipinski definition) is 12. The summed E-state index contributed by atoms with van der Waals surface area (Å²) in [6, 6.07) is 0.279. The summed E-state index contributed by atoms with van der Waals surface area (Å²) in [6.07, 6.45) is 7.06. The van der Waals surface area contributed by atoms with Gasteiger partial charge in [0, 0.05) is 23.1 Å². The number of nitrogens with zero attached hydrogens (tertiary/aromatic N) is 1. The number of carboxylic acids is 1. The molecule has 0 radical (unpaired) electrons. The van der Waals surface area contributed by atoms with E-state index in [1.807, 2.05) is 27.7 Å². The highest BCUT2D eigenvalue weighted by Crippen LogP contribution is 2.40. The van der Waals surface area contributed by atoms with Crippen LogP contribution in [0.3, 0.4) is 0 Å². The lowest BCUT2D eigenvalue weighted by Crippen LogP contribution is -2.55. The number of primary sulfonamides is 1. The lowest BCUT2D eigenvalue weighted by molar-refractivity contribution is -0.152. The van der Waals surface area contributed by atoms with Crippen LogP contribution in [0.25, 0.3) is 0 Å². The Hall–Kier alpha value is -2.45. The summed E-state index contributed by atoms with van der Waals surface area (Å²) in [5.41, 5.74) is 5.59. The SMILES string of the molecule is C=CCSCC1Nc2cc(Cl)c(S(N)(=O)=O)cc2S(=O)(=O)N1.CC(C)(C)N.CCC[C@H](N[C@@H](C)C(=O)N1[C@H](C(=O)O)C[C@@H]2CCCC[C@@H]21)C(=O)OCC. The first kappa shape index (κ1) is 46.7. The number of aliphatic carboxylic acids is 1. The van der Waals surface area contributed by atoms with Gasteiger partial charge in [0.2, 0.25) is 26.0 Å². The number of rotatable bonds is 13. The van der Waals surface area contributed by atoms with Gasteiger partial charge in [-0.1, -0.05) is 43.9 Å². The summed E-state index contributed by atoms with van der Waals surface area (Å²) < 4.78 is 54.9. The molecule has 1 unspecified atom stereocenters. The topological polar surface area (TPSA) is 240 Å². The van der Waals surface area contributed by atoms with E-state index < -0.39 is 55.2 Å². The number of likely N-dealkylation sites (tertiary alicyclic amines) is 1. The number of fused-ring (bicyclic) bond motifs is 2. The number of carboxylic acid groups (broad SMARTS) is 1. The molecule has 3 aliphatic rings. The molecule has 0 bridgehead atoms. The van der Waals surface area contributed by atoms with Crippen LogP contribution in [0.2, 0.25) is 5.02 Å². The Balaban J connectivity index is 0.000000329. The smallest absolute Gasteiger partial charge is 0.326 e. The highest BCUT2D eigenvalue weighted by atomic mass is 35.5. The van der Waals surface area contributed by atoms with E-state index in [1.165, 1.54) is 17.8 Å². The van der Waals surface area contributed by atoms with Crippen LogP contribution >= 0.6 is 23.4 Å². The molecular weight excluding hydrogens is 768 g/mol. The van der Waals surface area contributed by atoms with E-state index in [2.05, 4.69) is 21.9 Å². The summed E-state index contributed by atoms with van der Waals surface area (Å²) in [4.78, 5) is 37.9. The second kappa shape index (κ2) is 20.5. The lowest BCUT2D eigenvalue weighted by Gasteiger charge is -2.35. The van der Waals surface area contributed by atoms with Crippen molar-refractivity contribution < 1.29 is 41.1 Å². The Morgan fingerprint density at radius 1 is 1.23 bits per heavy atom. The number of hydrogen-bond donors (Lipinski definition) is 6. The van der Waals surface area contributed by atoms with Crippen molar-refractivity contribution in [2.75, 3.05) is 23.4 Å². The van der Waals surface area contributed by atoms with E-state index in [-0.39, 0.29) is 45.0 Å².